The molecular formula is C13H17NO2. The zero-order chi connectivity index (χ0) is 11.6. The zero-order valence-corrected chi connectivity index (χ0v) is 9.53. The average molecular weight is 219 g/mol. The minimum absolute atomic E-state index is 0.359. The summed E-state index contributed by atoms with van der Waals surface area (Å²) in [5.74, 6) is 6.61. The molecule has 0 aromatic heterocycles. The second kappa shape index (κ2) is 7.75. The van der Waals surface area contributed by atoms with Crippen LogP contribution in [0.4, 0.5) is 0 Å². The van der Waals surface area contributed by atoms with Gasteiger partial charge in [-0.25, -0.2) is 0 Å². The van der Waals surface area contributed by atoms with Crippen molar-refractivity contribution in [3.63, 3.8) is 0 Å². The summed E-state index contributed by atoms with van der Waals surface area (Å²) in [5.41, 5.74) is 6.22. The maximum absolute atomic E-state index is 5.61. The van der Waals surface area contributed by atoms with Gasteiger partial charge in [-0.2, -0.15) is 0 Å². The summed E-state index contributed by atoms with van der Waals surface area (Å²) in [5, 5.41) is 0. The quantitative estimate of drug-likeness (QED) is 0.601. The highest BCUT2D eigenvalue weighted by Crippen LogP contribution is 2.16. The molecule has 3 nitrogen and oxygen atoms in total. The molecule has 0 aliphatic carbocycles. The number of ether oxygens (including phenoxy) is 2. The maximum atomic E-state index is 5.61. The smallest absolute Gasteiger partial charge is 0.134 e. The molecule has 0 spiro atoms. The van der Waals surface area contributed by atoms with Crippen LogP contribution in [0.15, 0.2) is 24.3 Å². The Morgan fingerprint density at radius 2 is 2.06 bits per heavy atom. The lowest BCUT2D eigenvalue weighted by Gasteiger charge is -2.07. The largest absolute Gasteiger partial charge is 0.492 e. The molecule has 3 heteroatoms. The predicted octanol–water partition coefficient (Wildman–Crippen LogP) is 1.41. The molecule has 0 saturated heterocycles. The van der Waals surface area contributed by atoms with Gasteiger partial charge in [0.1, 0.15) is 5.75 Å². The third-order valence-electron chi connectivity index (χ3n) is 1.96. The van der Waals surface area contributed by atoms with Gasteiger partial charge in [-0.05, 0) is 12.1 Å². The normalized spacial score (nSPS) is 9.38. The molecule has 0 bridgehead atoms. The molecule has 0 unspecified atom stereocenters. The third-order valence-corrected chi connectivity index (χ3v) is 1.96. The number of hydrogen-bond donors (Lipinski definition) is 1. The number of benzene rings is 1. The highest BCUT2D eigenvalue weighted by molar-refractivity contribution is 5.45. The Kier molecular flexibility index (Phi) is 6.09. The first-order chi connectivity index (χ1) is 7.88. The standard InChI is InChI=1S/C13H17NO2/c1-15-10-5-11-16-13-8-3-2-6-12(13)7-4-9-14/h2-3,6,8H,5,9-11,14H2,1H3. The van der Waals surface area contributed by atoms with Crippen molar-refractivity contribution >= 4 is 0 Å². The topological polar surface area (TPSA) is 44.5 Å². The van der Waals surface area contributed by atoms with Crippen LogP contribution >= 0.6 is 0 Å². The van der Waals surface area contributed by atoms with E-state index in [1.807, 2.05) is 24.3 Å². The fourth-order valence-electron chi connectivity index (χ4n) is 1.23. The third kappa shape index (κ3) is 4.35. The summed E-state index contributed by atoms with van der Waals surface area (Å²) in [4.78, 5) is 0. The highest BCUT2D eigenvalue weighted by atomic mass is 16.5. The Balaban J connectivity index is 2.57. The lowest BCUT2D eigenvalue weighted by atomic mass is 10.2. The first kappa shape index (κ1) is 12.6. The molecule has 86 valence electrons. The highest BCUT2D eigenvalue weighted by Gasteiger charge is 1.99. The molecule has 0 saturated carbocycles. The number of methoxy groups -OCH3 is 1. The van der Waals surface area contributed by atoms with Crippen molar-refractivity contribution in [3.05, 3.63) is 29.8 Å². The van der Waals surface area contributed by atoms with Crippen molar-refractivity contribution in [3.8, 4) is 17.6 Å². The van der Waals surface area contributed by atoms with Crippen LogP contribution in [-0.2, 0) is 4.74 Å². The molecule has 0 heterocycles. The molecule has 1 rings (SSSR count). The number of nitrogens with two attached hydrogens (primary N) is 1. The number of para-hydroxylation sites is 1. The summed E-state index contributed by atoms with van der Waals surface area (Å²) < 4.78 is 10.6. The molecule has 0 fully saturated rings. The van der Waals surface area contributed by atoms with Crippen LogP contribution in [-0.4, -0.2) is 26.9 Å². The summed E-state index contributed by atoms with van der Waals surface area (Å²) in [6.07, 6.45) is 0.870. The number of hydrogen-bond acceptors (Lipinski definition) is 3. The molecule has 0 aliphatic heterocycles. The van der Waals surface area contributed by atoms with Crippen LogP contribution < -0.4 is 10.5 Å². The van der Waals surface area contributed by atoms with E-state index in [-0.39, 0.29) is 0 Å². The fraction of sp³-hybridized carbons (Fsp3) is 0.385. The van der Waals surface area contributed by atoms with E-state index in [0.717, 1.165) is 17.7 Å². The van der Waals surface area contributed by atoms with Crippen LogP contribution in [0.2, 0.25) is 0 Å². The molecule has 2 N–H and O–H groups in total. The Bertz CT molecular complexity index is 366. The van der Waals surface area contributed by atoms with E-state index in [4.69, 9.17) is 15.2 Å². The Morgan fingerprint density at radius 1 is 1.25 bits per heavy atom. The van der Waals surface area contributed by atoms with Crippen molar-refractivity contribution in [2.75, 3.05) is 26.9 Å². The fourth-order valence-corrected chi connectivity index (χ4v) is 1.23. The average Bonchev–Trinajstić information content (AvgIpc) is 2.33. The molecule has 0 atom stereocenters. The summed E-state index contributed by atoms with van der Waals surface area (Å²) >= 11 is 0. The molecule has 0 radical (unpaired) electrons. The predicted molar refractivity (Wildman–Crippen MR) is 64.4 cm³/mol. The molecule has 0 aliphatic rings. The van der Waals surface area contributed by atoms with Gasteiger partial charge >= 0.3 is 0 Å². The van der Waals surface area contributed by atoms with Crippen molar-refractivity contribution in [2.24, 2.45) is 5.73 Å². The van der Waals surface area contributed by atoms with Gasteiger partial charge in [0.2, 0.25) is 0 Å². The maximum Gasteiger partial charge on any atom is 0.134 e. The van der Waals surface area contributed by atoms with E-state index in [1.54, 1.807) is 7.11 Å². The molecule has 1 aromatic rings. The Morgan fingerprint density at radius 3 is 2.81 bits per heavy atom. The van der Waals surface area contributed by atoms with Crippen LogP contribution in [0.1, 0.15) is 12.0 Å². The van der Waals surface area contributed by atoms with Crippen molar-refractivity contribution in [1.82, 2.24) is 0 Å². The second-order valence-corrected chi connectivity index (χ2v) is 3.20. The molecular weight excluding hydrogens is 202 g/mol. The Hall–Kier alpha value is -1.50. The molecule has 1 aromatic carbocycles. The van der Waals surface area contributed by atoms with E-state index in [9.17, 15) is 0 Å². The zero-order valence-electron chi connectivity index (χ0n) is 9.53. The summed E-state index contributed by atoms with van der Waals surface area (Å²) in [7, 11) is 1.68. The van der Waals surface area contributed by atoms with E-state index < -0.39 is 0 Å². The van der Waals surface area contributed by atoms with Crippen molar-refractivity contribution < 1.29 is 9.47 Å². The van der Waals surface area contributed by atoms with Gasteiger partial charge in [0.15, 0.2) is 0 Å². The van der Waals surface area contributed by atoms with Crippen molar-refractivity contribution in [1.29, 1.82) is 0 Å². The molecule has 0 amide bonds. The van der Waals surface area contributed by atoms with Crippen LogP contribution in [0.25, 0.3) is 0 Å². The summed E-state index contributed by atoms with van der Waals surface area (Å²) in [6, 6.07) is 7.70. The van der Waals surface area contributed by atoms with Gasteiger partial charge in [-0.1, -0.05) is 24.0 Å². The molecule has 16 heavy (non-hydrogen) atoms. The second-order valence-electron chi connectivity index (χ2n) is 3.20. The van der Waals surface area contributed by atoms with E-state index in [0.29, 0.717) is 19.8 Å². The lowest BCUT2D eigenvalue weighted by molar-refractivity contribution is 0.172. The monoisotopic (exact) mass is 219 g/mol. The van der Waals surface area contributed by atoms with E-state index >= 15 is 0 Å². The van der Waals surface area contributed by atoms with Gasteiger partial charge in [-0.15, -0.1) is 0 Å². The summed E-state index contributed by atoms with van der Waals surface area (Å²) in [6.45, 7) is 1.70. The van der Waals surface area contributed by atoms with Gasteiger partial charge < -0.3 is 15.2 Å². The van der Waals surface area contributed by atoms with E-state index in [1.165, 1.54) is 0 Å². The van der Waals surface area contributed by atoms with Gasteiger partial charge in [0.25, 0.3) is 0 Å². The number of rotatable bonds is 5. The first-order valence-electron chi connectivity index (χ1n) is 5.28. The van der Waals surface area contributed by atoms with Crippen molar-refractivity contribution in [2.45, 2.75) is 6.42 Å². The minimum Gasteiger partial charge on any atom is -0.492 e. The Labute approximate surface area is 96.6 Å². The van der Waals surface area contributed by atoms with Crippen LogP contribution in [0.3, 0.4) is 0 Å². The van der Waals surface area contributed by atoms with Crippen LogP contribution in [0.5, 0.6) is 5.75 Å². The van der Waals surface area contributed by atoms with Crippen LogP contribution in [0, 0.1) is 11.8 Å². The minimum atomic E-state index is 0.359. The lowest BCUT2D eigenvalue weighted by Crippen LogP contribution is -2.02. The van der Waals surface area contributed by atoms with Gasteiger partial charge in [0.05, 0.1) is 18.7 Å². The van der Waals surface area contributed by atoms with Gasteiger partial charge in [-0.3, -0.25) is 0 Å². The van der Waals surface area contributed by atoms with Gasteiger partial charge in [0, 0.05) is 20.1 Å². The van der Waals surface area contributed by atoms with E-state index in [2.05, 4.69) is 11.8 Å². The first-order valence-corrected chi connectivity index (χ1v) is 5.28. The SMILES string of the molecule is COCCCOc1ccccc1C#CCN.